The molecule has 4 nitrogen and oxygen atoms in total. The van der Waals surface area contributed by atoms with Crippen LogP contribution in [0.2, 0.25) is 0 Å². The van der Waals surface area contributed by atoms with Crippen molar-refractivity contribution in [3.8, 4) is 0 Å². The fourth-order valence-electron chi connectivity index (χ4n) is 3.56. The molecule has 2 amide bonds. The summed E-state index contributed by atoms with van der Waals surface area (Å²) in [4.78, 5) is 25.9. The Morgan fingerprint density at radius 2 is 1.62 bits per heavy atom. The number of rotatable bonds is 4. The Bertz CT molecular complexity index is 514. The Balaban J connectivity index is 1.63. The number of fused-ring (bicyclic) bond motifs is 1. The molecule has 1 aromatic carbocycles. The van der Waals surface area contributed by atoms with Crippen molar-refractivity contribution in [2.75, 3.05) is 6.54 Å². The van der Waals surface area contributed by atoms with Crippen molar-refractivity contribution >= 4 is 11.8 Å². The average Bonchev–Trinajstić information content (AvgIpc) is 2.74. The van der Waals surface area contributed by atoms with Gasteiger partial charge in [-0.3, -0.25) is 14.5 Å². The quantitative estimate of drug-likeness (QED) is 0.865. The summed E-state index contributed by atoms with van der Waals surface area (Å²) in [6.45, 7) is 0.336. The Morgan fingerprint density at radius 1 is 1.05 bits per heavy atom. The van der Waals surface area contributed by atoms with E-state index in [-0.39, 0.29) is 17.9 Å². The minimum Gasteiger partial charge on any atom is -0.326 e. The van der Waals surface area contributed by atoms with Crippen molar-refractivity contribution in [3.63, 3.8) is 0 Å². The number of benzene rings is 1. The molecule has 4 heteroatoms. The summed E-state index contributed by atoms with van der Waals surface area (Å²) < 4.78 is 0. The molecule has 0 aromatic heterocycles. The van der Waals surface area contributed by atoms with Gasteiger partial charge in [-0.15, -0.1) is 0 Å². The van der Waals surface area contributed by atoms with E-state index in [4.69, 9.17) is 5.73 Å². The zero-order valence-corrected chi connectivity index (χ0v) is 12.3. The maximum absolute atomic E-state index is 12.3. The number of carbonyl (C=O) groups is 2. The van der Waals surface area contributed by atoms with Crippen molar-refractivity contribution in [2.24, 2.45) is 11.7 Å². The van der Waals surface area contributed by atoms with E-state index in [1.54, 1.807) is 24.3 Å². The van der Waals surface area contributed by atoms with Crippen molar-refractivity contribution in [1.29, 1.82) is 0 Å². The van der Waals surface area contributed by atoms with Gasteiger partial charge in [-0.05, 0) is 24.5 Å². The Morgan fingerprint density at radius 3 is 2.19 bits per heavy atom. The fourth-order valence-corrected chi connectivity index (χ4v) is 3.56. The van der Waals surface area contributed by atoms with Crippen LogP contribution in [0.1, 0.15) is 59.2 Å². The Hall–Kier alpha value is -1.68. The summed E-state index contributed by atoms with van der Waals surface area (Å²) in [5.74, 6) is 0.258. The lowest BCUT2D eigenvalue weighted by atomic mass is 9.85. The molecule has 0 spiro atoms. The number of hydrogen-bond donors (Lipinski definition) is 1. The SMILES string of the molecule is N[C@@H](CC1CCCCC1)CN1C(=O)c2ccccc2C1=O. The normalized spacial score (nSPS) is 20.7. The Labute approximate surface area is 125 Å². The molecule has 1 aromatic rings. The first-order valence-corrected chi connectivity index (χ1v) is 7.87. The van der Waals surface area contributed by atoms with Gasteiger partial charge in [0.15, 0.2) is 0 Å². The second-order valence-corrected chi connectivity index (χ2v) is 6.27. The van der Waals surface area contributed by atoms with Crippen LogP contribution >= 0.6 is 0 Å². The molecule has 112 valence electrons. The lowest BCUT2D eigenvalue weighted by Crippen LogP contribution is -2.41. The highest BCUT2D eigenvalue weighted by molar-refractivity contribution is 6.21. The van der Waals surface area contributed by atoms with Gasteiger partial charge in [-0.1, -0.05) is 44.2 Å². The summed E-state index contributed by atoms with van der Waals surface area (Å²) in [6.07, 6.45) is 7.26. The fraction of sp³-hybridized carbons (Fsp3) is 0.529. The minimum absolute atomic E-state index is 0.115. The van der Waals surface area contributed by atoms with Gasteiger partial charge >= 0.3 is 0 Å². The first kappa shape index (κ1) is 14.3. The molecule has 0 radical (unpaired) electrons. The van der Waals surface area contributed by atoms with Gasteiger partial charge in [-0.2, -0.15) is 0 Å². The molecule has 1 heterocycles. The van der Waals surface area contributed by atoms with Gasteiger partial charge < -0.3 is 5.73 Å². The smallest absolute Gasteiger partial charge is 0.261 e. The van der Waals surface area contributed by atoms with Crippen LogP contribution in [0.15, 0.2) is 24.3 Å². The first-order valence-electron chi connectivity index (χ1n) is 7.87. The zero-order valence-electron chi connectivity index (χ0n) is 12.3. The van der Waals surface area contributed by atoms with Crippen LogP contribution in [0.5, 0.6) is 0 Å². The largest absolute Gasteiger partial charge is 0.326 e. The molecule has 0 bridgehead atoms. The number of nitrogens with zero attached hydrogens (tertiary/aromatic N) is 1. The number of amides is 2. The van der Waals surface area contributed by atoms with Crippen LogP contribution in [-0.4, -0.2) is 29.3 Å². The van der Waals surface area contributed by atoms with E-state index in [0.717, 1.165) is 6.42 Å². The summed E-state index contributed by atoms with van der Waals surface area (Å²) in [5, 5.41) is 0. The lowest BCUT2D eigenvalue weighted by molar-refractivity contribution is 0.0639. The second-order valence-electron chi connectivity index (χ2n) is 6.27. The van der Waals surface area contributed by atoms with E-state index in [0.29, 0.717) is 23.6 Å². The summed E-state index contributed by atoms with van der Waals surface area (Å²) in [7, 11) is 0. The lowest BCUT2D eigenvalue weighted by Gasteiger charge is -2.26. The van der Waals surface area contributed by atoms with Crippen LogP contribution in [0.4, 0.5) is 0 Å². The molecular weight excluding hydrogens is 264 g/mol. The van der Waals surface area contributed by atoms with Crippen LogP contribution in [0.25, 0.3) is 0 Å². The minimum atomic E-state index is -0.199. The van der Waals surface area contributed by atoms with Gasteiger partial charge in [0.1, 0.15) is 0 Å². The third kappa shape index (κ3) is 2.86. The monoisotopic (exact) mass is 286 g/mol. The molecular formula is C17H22N2O2. The van der Waals surface area contributed by atoms with Crippen LogP contribution in [0, 0.1) is 5.92 Å². The van der Waals surface area contributed by atoms with Crippen molar-refractivity contribution < 1.29 is 9.59 Å². The molecule has 2 N–H and O–H groups in total. The van der Waals surface area contributed by atoms with Crippen LogP contribution < -0.4 is 5.73 Å². The summed E-state index contributed by atoms with van der Waals surface area (Å²) >= 11 is 0. The number of nitrogens with two attached hydrogens (primary N) is 1. The van der Waals surface area contributed by atoms with Crippen LogP contribution in [0.3, 0.4) is 0 Å². The molecule has 3 rings (SSSR count). The van der Waals surface area contributed by atoms with Crippen molar-refractivity contribution in [2.45, 2.75) is 44.6 Å². The van der Waals surface area contributed by atoms with Gasteiger partial charge in [0.2, 0.25) is 0 Å². The van der Waals surface area contributed by atoms with E-state index < -0.39 is 0 Å². The Kier molecular flexibility index (Phi) is 4.06. The van der Waals surface area contributed by atoms with E-state index >= 15 is 0 Å². The van der Waals surface area contributed by atoms with E-state index in [2.05, 4.69) is 0 Å². The van der Waals surface area contributed by atoms with Crippen LogP contribution in [-0.2, 0) is 0 Å². The van der Waals surface area contributed by atoms with Crippen molar-refractivity contribution in [1.82, 2.24) is 4.90 Å². The highest BCUT2D eigenvalue weighted by atomic mass is 16.2. The molecule has 1 fully saturated rings. The number of hydrogen-bond acceptors (Lipinski definition) is 3. The third-order valence-electron chi connectivity index (χ3n) is 4.66. The summed E-state index contributed by atoms with van der Waals surface area (Å²) in [5.41, 5.74) is 7.21. The second kappa shape index (κ2) is 5.98. The van der Waals surface area contributed by atoms with Gasteiger partial charge in [0.05, 0.1) is 11.1 Å². The van der Waals surface area contributed by atoms with Gasteiger partial charge in [0.25, 0.3) is 11.8 Å². The molecule has 0 unspecified atom stereocenters. The first-order chi connectivity index (χ1) is 10.2. The predicted octanol–water partition coefficient (Wildman–Crippen LogP) is 2.58. The molecule has 1 atom stereocenters. The topological polar surface area (TPSA) is 63.4 Å². The third-order valence-corrected chi connectivity index (χ3v) is 4.66. The molecule has 1 saturated carbocycles. The molecule has 0 saturated heterocycles. The van der Waals surface area contributed by atoms with E-state index in [1.165, 1.54) is 37.0 Å². The standard InChI is InChI=1S/C17H22N2O2/c18-13(10-12-6-2-1-3-7-12)11-19-16(20)14-8-4-5-9-15(14)17(19)21/h4-5,8-9,12-13H,1-3,6-7,10-11,18H2/t13-/m0/s1. The summed E-state index contributed by atoms with van der Waals surface area (Å²) in [6, 6.07) is 6.88. The molecule has 1 aliphatic carbocycles. The number of carbonyl (C=O) groups excluding carboxylic acids is 2. The predicted molar refractivity (Wildman–Crippen MR) is 81.0 cm³/mol. The zero-order chi connectivity index (χ0) is 14.8. The van der Waals surface area contributed by atoms with Gasteiger partial charge in [-0.25, -0.2) is 0 Å². The highest BCUT2D eigenvalue weighted by Crippen LogP contribution is 2.28. The van der Waals surface area contributed by atoms with Crippen molar-refractivity contribution in [3.05, 3.63) is 35.4 Å². The molecule has 21 heavy (non-hydrogen) atoms. The van der Waals surface area contributed by atoms with Gasteiger partial charge in [0, 0.05) is 12.6 Å². The van der Waals surface area contributed by atoms with E-state index in [9.17, 15) is 9.59 Å². The number of imide groups is 1. The van der Waals surface area contributed by atoms with E-state index in [1.807, 2.05) is 0 Å². The maximum atomic E-state index is 12.3. The molecule has 1 aliphatic heterocycles. The molecule has 2 aliphatic rings. The maximum Gasteiger partial charge on any atom is 0.261 e. The average molecular weight is 286 g/mol. The highest BCUT2D eigenvalue weighted by Gasteiger charge is 2.36.